The van der Waals surface area contributed by atoms with E-state index in [2.05, 4.69) is 186 Å². The van der Waals surface area contributed by atoms with Crippen LogP contribution >= 0.6 is 0 Å². The van der Waals surface area contributed by atoms with Crippen LogP contribution in [-0.4, -0.2) is 18.7 Å². The first-order valence-electron chi connectivity index (χ1n) is 17.8. The zero-order chi connectivity index (χ0) is 34.0. The summed E-state index contributed by atoms with van der Waals surface area (Å²) in [4.78, 5) is 4.85. The average molecular weight is 655 g/mol. The minimum absolute atomic E-state index is 0.213. The van der Waals surface area contributed by atoms with E-state index < -0.39 is 0 Å². The molecule has 0 radical (unpaired) electrons. The first kappa shape index (κ1) is 28.4. The molecule has 0 saturated heterocycles. The molecule has 0 N–H and O–H groups in total. The molecule has 3 heterocycles. The van der Waals surface area contributed by atoms with E-state index in [4.69, 9.17) is 4.98 Å². The molecule has 0 spiro atoms. The standard InChI is InChI=1S/C47H34N4/c1-29-48-37-21-11-14-24-40(37)49(29)31-25-27-32(28-26-31)51-38-22-12-8-18-34(38)42-44-41(33-17-7-10-20-36(33)47(44,2)3)45-43(46(42)51)35-19-9-13-23-39(35)50(45)30-15-5-4-6-16-30/h4-28H,1-3H3. The van der Waals surface area contributed by atoms with Gasteiger partial charge < -0.3 is 9.13 Å². The van der Waals surface area contributed by atoms with Gasteiger partial charge in [0.1, 0.15) is 5.82 Å². The molecular weight excluding hydrogens is 621 g/mol. The van der Waals surface area contributed by atoms with Gasteiger partial charge in [0.15, 0.2) is 0 Å². The Morgan fingerprint density at radius 1 is 0.471 bits per heavy atom. The van der Waals surface area contributed by atoms with E-state index in [1.165, 1.54) is 71.6 Å². The molecule has 0 fully saturated rings. The monoisotopic (exact) mass is 654 g/mol. The number of imidazole rings is 1. The Morgan fingerprint density at radius 2 is 1.00 bits per heavy atom. The van der Waals surface area contributed by atoms with E-state index in [-0.39, 0.29) is 5.41 Å². The molecule has 0 amide bonds. The van der Waals surface area contributed by atoms with Crippen LogP contribution in [0.5, 0.6) is 0 Å². The van der Waals surface area contributed by atoms with Gasteiger partial charge in [-0.2, -0.15) is 0 Å². The third-order valence-corrected chi connectivity index (χ3v) is 11.3. The third-order valence-electron chi connectivity index (χ3n) is 11.3. The number of aryl methyl sites for hydroxylation is 1. The second kappa shape index (κ2) is 10.1. The highest BCUT2D eigenvalue weighted by molar-refractivity contribution is 6.31. The Hall–Kier alpha value is -6.39. The van der Waals surface area contributed by atoms with Crippen molar-refractivity contribution >= 4 is 54.6 Å². The van der Waals surface area contributed by atoms with Crippen molar-refractivity contribution in [2.45, 2.75) is 26.2 Å². The lowest BCUT2D eigenvalue weighted by Gasteiger charge is -2.23. The Labute approximate surface area is 295 Å². The van der Waals surface area contributed by atoms with Crippen molar-refractivity contribution in [3.8, 4) is 28.2 Å². The van der Waals surface area contributed by atoms with E-state index >= 15 is 0 Å². The van der Waals surface area contributed by atoms with Gasteiger partial charge in [0.2, 0.25) is 0 Å². The smallest absolute Gasteiger partial charge is 0.111 e. The molecule has 4 nitrogen and oxygen atoms in total. The number of para-hydroxylation sites is 5. The summed E-state index contributed by atoms with van der Waals surface area (Å²) in [5.74, 6) is 0.980. The third kappa shape index (κ3) is 3.66. The van der Waals surface area contributed by atoms with Crippen LogP contribution in [0.4, 0.5) is 0 Å². The van der Waals surface area contributed by atoms with Crippen molar-refractivity contribution in [3.05, 3.63) is 169 Å². The Balaban J connectivity index is 1.33. The van der Waals surface area contributed by atoms with E-state index in [0.29, 0.717) is 0 Å². The average Bonchev–Trinajstić information content (AvgIpc) is 3.87. The molecule has 242 valence electrons. The molecule has 0 aliphatic heterocycles. The largest absolute Gasteiger partial charge is 0.309 e. The SMILES string of the molecule is Cc1nc2ccccc2n1-c1ccc(-n2c3ccccc3c3c4c(c5c(c6ccccc6n5-c5ccccc5)c32)-c2ccccc2C4(C)C)cc1. The summed E-state index contributed by atoms with van der Waals surface area (Å²) >= 11 is 0. The summed E-state index contributed by atoms with van der Waals surface area (Å²) < 4.78 is 7.29. The van der Waals surface area contributed by atoms with E-state index in [0.717, 1.165) is 28.2 Å². The molecule has 0 atom stereocenters. The fourth-order valence-corrected chi connectivity index (χ4v) is 9.29. The summed E-state index contributed by atoms with van der Waals surface area (Å²) in [6.07, 6.45) is 0. The van der Waals surface area contributed by atoms with Crippen molar-refractivity contribution in [2.24, 2.45) is 0 Å². The van der Waals surface area contributed by atoms with Gasteiger partial charge in [-0.25, -0.2) is 4.98 Å². The maximum absolute atomic E-state index is 4.85. The fourth-order valence-electron chi connectivity index (χ4n) is 9.29. The molecule has 0 bridgehead atoms. The van der Waals surface area contributed by atoms with E-state index in [9.17, 15) is 0 Å². The quantitative estimate of drug-likeness (QED) is 0.186. The van der Waals surface area contributed by atoms with Gasteiger partial charge in [0, 0.05) is 49.6 Å². The maximum atomic E-state index is 4.85. The zero-order valence-corrected chi connectivity index (χ0v) is 28.7. The van der Waals surface area contributed by atoms with Crippen LogP contribution in [0, 0.1) is 6.92 Å². The van der Waals surface area contributed by atoms with Gasteiger partial charge in [-0.3, -0.25) is 4.57 Å². The van der Waals surface area contributed by atoms with E-state index in [1.807, 2.05) is 0 Å². The number of nitrogens with zero attached hydrogens (tertiary/aromatic N) is 4. The molecule has 3 aromatic heterocycles. The Kier molecular flexibility index (Phi) is 5.63. The van der Waals surface area contributed by atoms with Gasteiger partial charge in [-0.1, -0.05) is 105 Å². The lowest BCUT2D eigenvalue weighted by atomic mass is 9.80. The normalized spacial score (nSPS) is 13.5. The molecule has 7 aromatic carbocycles. The van der Waals surface area contributed by atoms with Gasteiger partial charge in [-0.05, 0) is 84.3 Å². The number of hydrogen-bond acceptors (Lipinski definition) is 1. The molecule has 1 aliphatic carbocycles. The summed E-state index contributed by atoms with van der Waals surface area (Å²) in [5, 5.41) is 5.16. The Bertz CT molecular complexity index is 3040. The van der Waals surface area contributed by atoms with Crippen molar-refractivity contribution in [1.82, 2.24) is 18.7 Å². The predicted octanol–water partition coefficient (Wildman–Crippen LogP) is 11.8. The van der Waals surface area contributed by atoms with Gasteiger partial charge in [-0.15, -0.1) is 0 Å². The van der Waals surface area contributed by atoms with Crippen LogP contribution in [-0.2, 0) is 5.41 Å². The van der Waals surface area contributed by atoms with Crippen LogP contribution < -0.4 is 0 Å². The van der Waals surface area contributed by atoms with Crippen LogP contribution in [0.2, 0.25) is 0 Å². The van der Waals surface area contributed by atoms with Crippen molar-refractivity contribution in [3.63, 3.8) is 0 Å². The van der Waals surface area contributed by atoms with Crippen LogP contribution in [0.15, 0.2) is 152 Å². The van der Waals surface area contributed by atoms with Crippen molar-refractivity contribution < 1.29 is 0 Å². The molecule has 11 rings (SSSR count). The van der Waals surface area contributed by atoms with Crippen LogP contribution in [0.25, 0.3) is 82.8 Å². The predicted molar refractivity (Wildman–Crippen MR) is 212 cm³/mol. The minimum Gasteiger partial charge on any atom is -0.309 e. The summed E-state index contributed by atoms with van der Waals surface area (Å²) in [6.45, 7) is 6.91. The second-order valence-electron chi connectivity index (χ2n) is 14.4. The first-order valence-corrected chi connectivity index (χ1v) is 17.8. The molecule has 0 unspecified atom stereocenters. The lowest BCUT2D eigenvalue weighted by molar-refractivity contribution is 0.667. The highest BCUT2D eigenvalue weighted by Crippen LogP contribution is 2.58. The molecule has 0 saturated carbocycles. The van der Waals surface area contributed by atoms with Gasteiger partial charge >= 0.3 is 0 Å². The number of aromatic nitrogens is 4. The number of fused-ring (bicyclic) bond motifs is 13. The second-order valence-corrected chi connectivity index (χ2v) is 14.4. The van der Waals surface area contributed by atoms with Gasteiger partial charge in [0.25, 0.3) is 0 Å². The number of rotatable bonds is 3. The first-order chi connectivity index (χ1) is 25.0. The number of hydrogen-bond donors (Lipinski definition) is 0. The molecule has 10 aromatic rings. The van der Waals surface area contributed by atoms with Crippen molar-refractivity contribution in [2.75, 3.05) is 0 Å². The van der Waals surface area contributed by atoms with Crippen LogP contribution in [0.1, 0.15) is 30.8 Å². The Morgan fingerprint density at radius 3 is 1.73 bits per heavy atom. The zero-order valence-electron chi connectivity index (χ0n) is 28.7. The summed E-state index contributed by atoms with van der Waals surface area (Å²) in [7, 11) is 0. The molecule has 51 heavy (non-hydrogen) atoms. The highest BCUT2D eigenvalue weighted by Gasteiger charge is 2.41. The summed E-state index contributed by atoms with van der Waals surface area (Å²) in [5.41, 5.74) is 15.7. The summed E-state index contributed by atoms with van der Waals surface area (Å²) in [6, 6.07) is 55.3. The molecule has 1 aliphatic rings. The highest BCUT2D eigenvalue weighted by atomic mass is 15.1. The van der Waals surface area contributed by atoms with Gasteiger partial charge in [0.05, 0.1) is 33.1 Å². The van der Waals surface area contributed by atoms with E-state index in [1.54, 1.807) is 0 Å². The molecular formula is C47H34N4. The molecule has 4 heteroatoms. The minimum atomic E-state index is -0.213. The topological polar surface area (TPSA) is 27.7 Å². The van der Waals surface area contributed by atoms with Crippen molar-refractivity contribution in [1.29, 1.82) is 0 Å². The number of benzene rings is 7. The maximum Gasteiger partial charge on any atom is 0.111 e. The fraction of sp³-hybridized carbons (Fsp3) is 0.0851. The lowest BCUT2D eigenvalue weighted by Crippen LogP contribution is -2.15. The van der Waals surface area contributed by atoms with Crippen LogP contribution in [0.3, 0.4) is 0 Å².